The summed E-state index contributed by atoms with van der Waals surface area (Å²) in [6.07, 6.45) is 21.3. The lowest BCUT2D eigenvalue weighted by atomic mass is 9.72. The van der Waals surface area contributed by atoms with Crippen molar-refractivity contribution in [2.24, 2.45) is 11.3 Å². The normalized spacial score (nSPS) is 18.9. The van der Waals surface area contributed by atoms with Crippen molar-refractivity contribution < 1.29 is 18.4 Å². The second-order valence-corrected chi connectivity index (χ2v) is 13.8. The first-order valence-corrected chi connectivity index (χ1v) is 16.8. The van der Waals surface area contributed by atoms with Gasteiger partial charge in [0.1, 0.15) is 0 Å². The zero-order chi connectivity index (χ0) is 32.7. The molecule has 0 bridgehead atoms. The Hall–Kier alpha value is -3.90. The molecule has 2 aromatic heterocycles. The summed E-state index contributed by atoms with van der Waals surface area (Å²) in [5, 5.41) is 1.72. The lowest BCUT2D eigenvalue weighted by Gasteiger charge is -2.32. The van der Waals surface area contributed by atoms with Gasteiger partial charge in [0.2, 0.25) is 5.75 Å². The number of ether oxygens (including phenoxy) is 1. The van der Waals surface area contributed by atoms with Crippen LogP contribution in [0.15, 0.2) is 103 Å². The van der Waals surface area contributed by atoms with Gasteiger partial charge in [0, 0.05) is 29.8 Å². The molecule has 5 rings (SSSR count). The van der Waals surface area contributed by atoms with E-state index in [1.54, 1.807) is 18.4 Å². The van der Waals surface area contributed by atoms with Crippen LogP contribution in [0.5, 0.6) is 5.75 Å². The molecular weight excluding hydrogens is 574 g/mol. The number of carbonyl (C=O) groups excluding carboxylic acids is 1. The molecule has 0 N–H and O–H groups in total. The average molecular weight is 624 g/mol. The maximum absolute atomic E-state index is 12.8. The van der Waals surface area contributed by atoms with Crippen LogP contribution in [0, 0.1) is 11.3 Å². The number of piperidine rings is 1. The summed E-state index contributed by atoms with van der Waals surface area (Å²) in [6.45, 7) is 14.5. The zero-order valence-electron chi connectivity index (χ0n) is 28.2. The molecule has 2 aliphatic rings. The summed E-state index contributed by atoms with van der Waals surface area (Å²) in [5.41, 5.74) is 6.02. The van der Waals surface area contributed by atoms with Crippen molar-refractivity contribution in [1.29, 1.82) is 0 Å². The quantitative estimate of drug-likeness (QED) is 0.0866. The minimum atomic E-state index is -0.412. The number of fused-ring (bicyclic) bond motifs is 2. The SMILES string of the molecule is CC(C=CC1=C(C)CCCC1(C)C)=CC=CC(C)=CC(=O)CC1CCN(CCCOc2c3occc3cc3ccc(=O)oc23)CC1. The van der Waals surface area contributed by atoms with E-state index >= 15 is 0 Å². The monoisotopic (exact) mass is 623 g/mol. The molecule has 0 saturated carbocycles. The Morgan fingerprint density at radius 3 is 2.63 bits per heavy atom. The third kappa shape index (κ3) is 8.67. The van der Waals surface area contributed by atoms with Crippen molar-refractivity contribution in [3.05, 3.63) is 99.7 Å². The highest BCUT2D eigenvalue weighted by Gasteiger charge is 2.26. The molecule has 1 aromatic carbocycles. The molecule has 0 unspecified atom stereocenters. The lowest BCUT2D eigenvalue weighted by molar-refractivity contribution is -0.115. The fraction of sp³-hybridized carbons (Fsp3) is 0.450. The van der Waals surface area contributed by atoms with E-state index in [1.165, 1.54) is 42.0 Å². The van der Waals surface area contributed by atoms with Gasteiger partial charge in [-0.2, -0.15) is 0 Å². The number of likely N-dealkylation sites (tertiary alicyclic amines) is 1. The number of ketones is 1. The first-order valence-electron chi connectivity index (χ1n) is 16.8. The summed E-state index contributed by atoms with van der Waals surface area (Å²) in [4.78, 5) is 27.1. The molecular formula is C40H49NO5. The molecule has 3 aromatic rings. The summed E-state index contributed by atoms with van der Waals surface area (Å²) in [5.74, 6) is 1.12. The Balaban J connectivity index is 1.03. The fourth-order valence-electron chi connectivity index (χ4n) is 6.89. The van der Waals surface area contributed by atoms with Gasteiger partial charge >= 0.3 is 5.63 Å². The molecule has 6 nitrogen and oxygen atoms in total. The van der Waals surface area contributed by atoms with Crippen LogP contribution in [-0.2, 0) is 4.79 Å². The largest absolute Gasteiger partial charge is 0.486 e. The molecule has 1 saturated heterocycles. The highest BCUT2D eigenvalue weighted by Crippen LogP contribution is 2.41. The van der Waals surface area contributed by atoms with Crippen molar-refractivity contribution in [3.8, 4) is 5.75 Å². The van der Waals surface area contributed by atoms with E-state index in [9.17, 15) is 9.59 Å². The number of benzene rings is 1. The van der Waals surface area contributed by atoms with E-state index in [-0.39, 0.29) is 11.2 Å². The Labute approximate surface area is 273 Å². The predicted molar refractivity (Wildman–Crippen MR) is 187 cm³/mol. The van der Waals surface area contributed by atoms with E-state index < -0.39 is 5.63 Å². The predicted octanol–water partition coefficient (Wildman–Crippen LogP) is 9.51. The molecule has 6 heteroatoms. The van der Waals surface area contributed by atoms with E-state index in [2.05, 4.69) is 50.8 Å². The molecule has 1 fully saturated rings. The minimum absolute atomic E-state index is 0.211. The Kier molecular flexibility index (Phi) is 11.0. The highest BCUT2D eigenvalue weighted by atomic mass is 16.5. The molecule has 0 atom stereocenters. The van der Waals surface area contributed by atoms with Crippen LogP contribution in [0.2, 0.25) is 0 Å². The van der Waals surface area contributed by atoms with Crippen LogP contribution >= 0.6 is 0 Å². The van der Waals surface area contributed by atoms with Gasteiger partial charge in [0.25, 0.3) is 0 Å². The van der Waals surface area contributed by atoms with E-state index in [0.717, 1.165) is 55.2 Å². The van der Waals surface area contributed by atoms with Gasteiger partial charge in [0.05, 0.1) is 12.9 Å². The zero-order valence-corrected chi connectivity index (χ0v) is 28.2. The highest BCUT2D eigenvalue weighted by molar-refractivity contribution is 5.99. The maximum Gasteiger partial charge on any atom is 0.336 e. The number of carbonyl (C=O) groups is 1. The van der Waals surface area contributed by atoms with Gasteiger partial charge in [-0.25, -0.2) is 4.79 Å². The Bertz CT molecular complexity index is 1750. The number of furan rings is 1. The minimum Gasteiger partial charge on any atom is -0.486 e. The van der Waals surface area contributed by atoms with Gasteiger partial charge in [0.15, 0.2) is 16.9 Å². The van der Waals surface area contributed by atoms with Gasteiger partial charge in [-0.15, -0.1) is 0 Å². The summed E-state index contributed by atoms with van der Waals surface area (Å²) in [7, 11) is 0. The smallest absolute Gasteiger partial charge is 0.336 e. The third-order valence-electron chi connectivity index (χ3n) is 9.51. The standard InChI is InChI=1S/C40H49NO5/c1-28(12-14-35-30(3)11-7-19-40(35,4)5)9-6-10-29(2)25-34(42)26-31-16-21-41(22-17-31)20-8-23-44-39-37-33(18-24-45-37)27-32-13-15-36(43)46-38(32)39/h6,9-10,12-15,18,24-25,27,31H,7-8,11,16-17,19-23,26H2,1-5H3. The molecule has 0 spiro atoms. The number of rotatable bonds is 12. The third-order valence-corrected chi connectivity index (χ3v) is 9.51. The Morgan fingerprint density at radius 2 is 1.85 bits per heavy atom. The van der Waals surface area contributed by atoms with Crippen LogP contribution in [-0.4, -0.2) is 36.9 Å². The second-order valence-electron chi connectivity index (χ2n) is 13.8. The first-order chi connectivity index (χ1) is 22.1. The molecule has 1 aliphatic heterocycles. The summed E-state index contributed by atoms with van der Waals surface area (Å²) < 4.78 is 17.2. The van der Waals surface area contributed by atoms with E-state index in [0.29, 0.717) is 35.9 Å². The van der Waals surface area contributed by atoms with Gasteiger partial charge < -0.3 is 18.5 Å². The van der Waals surface area contributed by atoms with Gasteiger partial charge in [-0.3, -0.25) is 4.79 Å². The van der Waals surface area contributed by atoms with Gasteiger partial charge in [-0.1, -0.05) is 55.4 Å². The molecule has 3 heterocycles. The van der Waals surface area contributed by atoms with Crippen LogP contribution in [0.3, 0.4) is 0 Å². The maximum atomic E-state index is 12.8. The van der Waals surface area contributed by atoms with Crippen LogP contribution < -0.4 is 10.4 Å². The van der Waals surface area contributed by atoms with Crippen LogP contribution in [0.25, 0.3) is 21.9 Å². The number of nitrogens with zero attached hydrogens (tertiary/aromatic N) is 1. The summed E-state index contributed by atoms with van der Waals surface area (Å²) >= 11 is 0. The number of allylic oxidation sites excluding steroid dienone is 10. The van der Waals surface area contributed by atoms with E-state index in [1.807, 2.05) is 31.2 Å². The number of hydrogen-bond donors (Lipinski definition) is 0. The van der Waals surface area contributed by atoms with Crippen molar-refractivity contribution in [1.82, 2.24) is 4.90 Å². The molecule has 244 valence electrons. The van der Waals surface area contributed by atoms with Crippen molar-refractivity contribution in [3.63, 3.8) is 0 Å². The summed E-state index contributed by atoms with van der Waals surface area (Å²) in [6, 6.07) is 6.98. The van der Waals surface area contributed by atoms with Gasteiger partial charge in [-0.05, 0) is 119 Å². The second kappa shape index (κ2) is 15.1. The molecule has 0 radical (unpaired) electrons. The van der Waals surface area contributed by atoms with Crippen LogP contribution in [0.1, 0.15) is 79.6 Å². The van der Waals surface area contributed by atoms with Crippen LogP contribution in [0.4, 0.5) is 0 Å². The topological polar surface area (TPSA) is 72.9 Å². The van der Waals surface area contributed by atoms with E-state index in [4.69, 9.17) is 13.6 Å². The van der Waals surface area contributed by atoms with Crippen molar-refractivity contribution in [2.45, 2.75) is 79.6 Å². The fourth-order valence-corrected chi connectivity index (χ4v) is 6.89. The Morgan fingerprint density at radius 1 is 1.07 bits per heavy atom. The first kappa shape index (κ1) is 33.5. The van der Waals surface area contributed by atoms with Crippen molar-refractivity contribution in [2.75, 3.05) is 26.2 Å². The average Bonchev–Trinajstić information content (AvgIpc) is 3.47. The molecule has 1 aliphatic carbocycles. The number of hydrogen-bond acceptors (Lipinski definition) is 6. The molecule has 0 amide bonds. The molecule has 46 heavy (non-hydrogen) atoms. The lowest BCUT2D eigenvalue weighted by Crippen LogP contribution is -2.35. The van der Waals surface area contributed by atoms with Crippen molar-refractivity contribution >= 4 is 27.7 Å².